The summed E-state index contributed by atoms with van der Waals surface area (Å²) in [6, 6.07) is 3.72. The number of likely N-dealkylation sites (N-methyl/N-ethyl adjacent to an activating group) is 1. The molecule has 2 fully saturated rings. The average molecular weight is 489 g/mol. The number of benzene rings is 1. The van der Waals surface area contributed by atoms with Crippen LogP contribution in [-0.2, 0) is 4.79 Å². The van der Waals surface area contributed by atoms with Crippen LogP contribution >= 0.6 is 0 Å². The number of rotatable bonds is 7. The Balaban J connectivity index is 1.20. The topological polar surface area (TPSA) is 94.6 Å². The number of amides is 2. The monoisotopic (exact) mass is 488 g/mol. The van der Waals surface area contributed by atoms with Crippen LogP contribution in [0.3, 0.4) is 0 Å². The minimum absolute atomic E-state index is 0.00255. The third-order valence-corrected chi connectivity index (χ3v) is 7.29. The van der Waals surface area contributed by atoms with E-state index in [1.165, 1.54) is 0 Å². The van der Waals surface area contributed by atoms with Crippen LogP contribution in [0.1, 0.15) is 41.6 Å². The van der Waals surface area contributed by atoms with Gasteiger partial charge in [0.05, 0.1) is 24.9 Å². The van der Waals surface area contributed by atoms with Gasteiger partial charge in [0.2, 0.25) is 5.91 Å². The van der Waals surface area contributed by atoms with Crippen molar-refractivity contribution in [3.63, 3.8) is 0 Å². The van der Waals surface area contributed by atoms with Crippen LogP contribution in [0.2, 0.25) is 0 Å². The van der Waals surface area contributed by atoms with Gasteiger partial charge in [-0.05, 0) is 57.6 Å². The van der Waals surface area contributed by atoms with E-state index in [0.29, 0.717) is 49.8 Å². The average Bonchev–Trinajstić information content (AvgIpc) is 3.08. The molecule has 0 spiro atoms. The Bertz CT molecular complexity index is 887. The molecule has 0 radical (unpaired) electrons. The van der Waals surface area contributed by atoms with Gasteiger partial charge >= 0.3 is 0 Å². The van der Waals surface area contributed by atoms with Gasteiger partial charge in [-0.1, -0.05) is 0 Å². The van der Waals surface area contributed by atoms with Crippen molar-refractivity contribution in [1.29, 1.82) is 0 Å². The molecule has 3 aliphatic heterocycles. The first-order valence-corrected chi connectivity index (χ1v) is 13.0. The molecule has 0 unspecified atom stereocenters. The summed E-state index contributed by atoms with van der Waals surface area (Å²) in [7, 11) is 2.09. The van der Waals surface area contributed by atoms with Crippen LogP contribution in [0.4, 0.5) is 0 Å². The van der Waals surface area contributed by atoms with Gasteiger partial charge in [0.15, 0.2) is 11.5 Å². The SMILES string of the molecule is Cc1cc2c(c(C(=O)NC[C@@H]3CCN(CCCC(=O)N4CCN(C)CC4)C[C@H]3O)c1)OCCCO2. The number of β-amino-alcohol motifs (C(OH)–C–C–N with tert-alkyl or cyclic N) is 1. The Labute approximate surface area is 208 Å². The second-order valence-electron chi connectivity index (χ2n) is 10.1. The number of carbonyl (C=O) groups excluding carboxylic acids is 2. The van der Waals surface area contributed by atoms with E-state index in [0.717, 1.165) is 64.1 Å². The molecule has 0 aliphatic carbocycles. The molecule has 0 saturated carbocycles. The van der Waals surface area contributed by atoms with E-state index >= 15 is 0 Å². The molecule has 0 bridgehead atoms. The number of fused-ring (bicyclic) bond motifs is 1. The molecule has 9 nitrogen and oxygen atoms in total. The van der Waals surface area contributed by atoms with Gasteiger partial charge in [-0.3, -0.25) is 9.59 Å². The summed E-state index contributed by atoms with van der Waals surface area (Å²) in [5, 5.41) is 13.7. The molecule has 3 heterocycles. The summed E-state index contributed by atoms with van der Waals surface area (Å²) < 4.78 is 11.6. The fourth-order valence-electron chi connectivity index (χ4n) is 5.05. The smallest absolute Gasteiger partial charge is 0.255 e. The zero-order valence-corrected chi connectivity index (χ0v) is 21.1. The second kappa shape index (κ2) is 12.1. The van der Waals surface area contributed by atoms with E-state index in [-0.39, 0.29) is 17.7 Å². The van der Waals surface area contributed by atoms with Crippen molar-refractivity contribution in [2.45, 2.75) is 38.7 Å². The Kier molecular flexibility index (Phi) is 8.86. The number of likely N-dealkylation sites (tertiary alicyclic amines) is 1. The molecule has 2 saturated heterocycles. The Morgan fingerprint density at radius 2 is 1.89 bits per heavy atom. The van der Waals surface area contributed by atoms with E-state index in [9.17, 15) is 14.7 Å². The largest absolute Gasteiger partial charge is 0.490 e. The zero-order chi connectivity index (χ0) is 24.8. The third kappa shape index (κ3) is 6.86. The molecule has 2 atom stereocenters. The lowest BCUT2D eigenvalue weighted by Crippen LogP contribution is -2.48. The van der Waals surface area contributed by atoms with Gasteiger partial charge in [-0.2, -0.15) is 0 Å². The first kappa shape index (κ1) is 25.7. The Morgan fingerprint density at radius 1 is 1.11 bits per heavy atom. The van der Waals surface area contributed by atoms with E-state index in [1.807, 2.05) is 24.0 Å². The van der Waals surface area contributed by atoms with Crippen LogP contribution in [0, 0.1) is 12.8 Å². The fourth-order valence-corrected chi connectivity index (χ4v) is 5.05. The molecule has 2 amide bonds. The molecule has 1 aromatic carbocycles. The number of hydrogen-bond acceptors (Lipinski definition) is 7. The van der Waals surface area contributed by atoms with Crippen molar-refractivity contribution in [3.8, 4) is 11.5 Å². The standard InChI is InChI=1S/C26H40N4O5/c1-19-15-21(25-23(16-19)34-13-4-14-35-25)26(33)27-17-20-6-8-29(18-22(20)31)7-3-5-24(32)30-11-9-28(2)10-12-30/h15-16,20,22,31H,3-14,17-18H2,1-2H3,(H,27,33)/t20-,22+/m0/s1. The number of ether oxygens (including phenoxy) is 2. The maximum atomic E-state index is 13.0. The van der Waals surface area contributed by atoms with E-state index in [4.69, 9.17) is 9.47 Å². The first-order valence-electron chi connectivity index (χ1n) is 13.0. The number of aryl methyl sites for hydroxylation is 1. The fraction of sp³-hybridized carbons (Fsp3) is 0.692. The number of carbonyl (C=O) groups is 2. The maximum Gasteiger partial charge on any atom is 0.255 e. The second-order valence-corrected chi connectivity index (χ2v) is 10.1. The highest BCUT2D eigenvalue weighted by atomic mass is 16.5. The minimum atomic E-state index is -0.508. The van der Waals surface area contributed by atoms with Crippen LogP contribution in [0.5, 0.6) is 11.5 Å². The van der Waals surface area contributed by atoms with E-state index < -0.39 is 6.10 Å². The maximum absolute atomic E-state index is 13.0. The normalized spacial score (nSPS) is 23.6. The van der Waals surface area contributed by atoms with Crippen molar-refractivity contribution in [2.24, 2.45) is 5.92 Å². The highest BCUT2D eigenvalue weighted by Crippen LogP contribution is 2.34. The van der Waals surface area contributed by atoms with Crippen LogP contribution in [-0.4, -0.2) is 110 Å². The number of aliphatic hydroxyl groups is 1. The molecule has 0 aromatic heterocycles. The number of hydrogen-bond donors (Lipinski definition) is 2. The molecule has 35 heavy (non-hydrogen) atoms. The van der Waals surface area contributed by atoms with Crippen molar-refractivity contribution in [3.05, 3.63) is 23.3 Å². The van der Waals surface area contributed by atoms with Gasteiger partial charge in [0.25, 0.3) is 5.91 Å². The predicted molar refractivity (Wildman–Crippen MR) is 133 cm³/mol. The quantitative estimate of drug-likeness (QED) is 0.594. The summed E-state index contributed by atoms with van der Waals surface area (Å²) in [4.78, 5) is 31.9. The summed E-state index contributed by atoms with van der Waals surface area (Å²) in [6.45, 7) is 9.19. The number of piperidine rings is 1. The van der Waals surface area contributed by atoms with Gasteiger partial charge in [-0.25, -0.2) is 0 Å². The zero-order valence-electron chi connectivity index (χ0n) is 21.1. The lowest BCUT2D eigenvalue weighted by Gasteiger charge is -2.36. The lowest BCUT2D eigenvalue weighted by molar-refractivity contribution is -0.132. The number of aliphatic hydroxyl groups excluding tert-OH is 1. The third-order valence-electron chi connectivity index (χ3n) is 7.29. The van der Waals surface area contributed by atoms with E-state index in [1.54, 1.807) is 0 Å². The van der Waals surface area contributed by atoms with Crippen molar-refractivity contribution < 1.29 is 24.2 Å². The number of nitrogens with zero attached hydrogens (tertiary/aromatic N) is 3. The summed E-state index contributed by atoms with van der Waals surface area (Å²) >= 11 is 0. The molecular formula is C26H40N4O5. The Morgan fingerprint density at radius 3 is 2.66 bits per heavy atom. The molecule has 1 aromatic rings. The van der Waals surface area contributed by atoms with Crippen molar-refractivity contribution in [2.75, 3.05) is 72.6 Å². The van der Waals surface area contributed by atoms with Crippen LogP contribution < -0.4 is 14.8 Å². The molecule has 9 heteroatoms. The molecular weight excluding hydrogens is 448 g/mol. The predicted octanol–water partition coefficient (Wildman–Crippen LogP) is 1.12. The lowest BCUT2D eigenvalue weighted by atomic mass is 9.93. The highest BCUT2D eigenvalue weighted by Gasteiger charge is 2.29. The summed E-state index contributed by atoms with van der Waals surface area (Å²) in [6.07, 6.45) is 2.44. The van der Waals surface area contributed by atoms with Crippen molar-refractivity contribution in [1.82, 2.24) is 20.0 Å². The molecule has 4 rings (SSSR count). The van der Waals surface area contributed by atoms with Gasteiger partial charge in [0.1, 0.15) is 0 Å². The van der Waals surface area contributed by atoms with Crippen molar-refractivity contribution >= 4 is 11.8 Å². The van der Waals surface area contributed by atoms with Gasteiger partial charge in [0, 0.05) is 58.0 Å². The molecule has 2 N–H and O–H groups in total. The first-order chi connectivity index (χ1) is 16.9. The summed E-state index contributed by atoms with van der Waals surface area (Å²) in [5.74, 6) is 1.16. The molecule has 194 valence electrons. The Hall–Kier alpha value is -2.36. The minimum Gasteiger partial charge on any atom is -0.490 e. The van der Waals surface area contributed by atoms with E-state index in [2.05, 4.69) is 22.2 Å². The number of nitrogens with one attached hydrogen (secondary N) is 1. The number of piperazine rings is 1. The van der Waals surface area contributed by atoms with Crippen LogP contribution in [0.15, 0.2) is 12.1 Å². The summed E-state index contributed by atoms with van der Waals surface area (Å²) in [5.41, 5.74) is 1.43. The highest BCUT2D eigenvalue weighted by molar-refractivity contribution is 5.98. The van der Waals surface area contributed by atoms with Gasteiger partial charge in [-0.15, -0.1) is 0 Å². The molecule has 3 aliphatic rings. The van der Waals surface area contributed by atoms with Crippen LogP contribution in [0.25, 0.3) is 0 Å². The van der Waals surface area contributed by atoms with Gasteiger partial charge < -0.3 is 34.6 Å².